The molecule has 1 N–H and O–H groups in total. The number of carbonyl (C=O) groups excluding carboxylic acids is 1. The summed E-state index contributed by atoms with van der Waals surface area (Å²) >= 11 is 6.02. The molecular weight excluding hydrogens is 412 g/mol. The maximum Gasteiger partial charge on any atom is 0.170 e. The van der Waals surface area contributed by atoms with Crippen LogP contribution < -0.4 is 5.32 Å². The summed E-state index contributed by atoms with van der Waals surface area (Å²) in [4.78, 5) is 24.3. The molecule has 0 radical (unpaired) electrons. The molecule has 2 aliphatic rings. The molecule has 164 valence electrons. The quantitative estimate of drug-likeness (QED) is 0.671. The number of nitrogens with zero attached hydrogens (tertiary/aromatic N) is 3. The monoisotopic (exact) mass is 440 g/mol. The van der Waals surface area contributed by atoms with Crippen molar-refractivity contribution in [2.75, 3.05) is 33.3 Å². The molecule has 0 spiro atoms. The van der Waals surface area contributed by atoms with E-state index in [1.165, 1.54) is 12.8 Å². The highest BCUT2D eigenvalue weighted by atomic mass is 35.5. The normalized spacial score (nSPS) is 17.5. The van der Waals surface area contributed by atoms with Crippen molar-refractivity contribution in [2.24, 2.45) is 10.9 Å². The zero-order chi connectivity index (χ0) is 21.6. The van der Waals surface area contributed by atoms with E-state index in [4.69, 9.17) is 21.3 Å². The van der Waals surface area contributed by atoms with Crippen LogP contribution in [0.2, 0.25) is 5.02 Å². The minimum atomic E-state index is 0.0744. The molecule has 2 aliphatic heterocycles. The Hall–Kier alpha value is -2.12. The first-order chi connectivity index (χ1) is 15.1. The van der Waals surface area contributed by atoms with E-state index in [9.17, 15) is 4.79 Å². The number of rotatable bonds is 8. The highest BCUT2D eigenvalue weighted by Gasteiger charge is 2.23. The van der Waals surface area contributed by atoms with E-state index >= 15 is 0 Å². The highest BCUT2D eigenvalue weighted by Crippen LogP contribution is 2.29. The van der Waals surface area contributed by atoms with Crippen molar-refractivity contribution in [1.29, 1.82) is 0 Å². The van der Waals surface area contributed by atoms with Crippen LogP contribution in [0.1, 0.15) is 40.9 Å². The Morgan fingerprint density at radius 3 is 2.87 bits per heavy atom. The van der Waals surface area contributed by atoms with E-state index in [0.717, 1.165) is 36.6 Å². The van der Waals surface area contributed by atoms with E-state index in [2.05, 4.69) is 22.2 Å². The molecule has 0 amide bonds. The summed E-state index contributed by atoms with van der Waals surface area (Å²) in [5, 5.41) is 4.21. The van der Waals surface area contributed by atoms with Crippen LogP contribution in [0.15, 0.2) is 41.5 Å². The van der Waals surface area contributed by atoms with Crippen LogP contribution in [0.4, 0.5) is 5.69 Å². The van der Waals surface area contributed by atoms with Gasteiger partial charge in [0.05, 0.1) is 36.7 Å². The highest BCUT2D eigenvalue weighted by molar-refractivity contribution is 6.30. The van der Waals surface area contributed by atoms with E-state index in [1.807, 2.05) is 24.3 Å². The van der Waals surface area contributed by atoms with Gasteiger partial charge in [0.1, 0.15) is 0 Å². The molecule has 1 fully saturated rings. The van der Waals surface area contributed by atoms with E-state index in [1.54, 1.807) is 12.3 Å². The van der Waals surface area contributed by atoms with Gasteiger partial charge in [-0.25, -0.2) is 0 Å². The number of hydrogen-bond acceptors (Lipinski definition) is 6. The molecule has 1 aromatic carbocycles. The number of nitrogens with one attached hydrogen (secondary N) is 1. The number of fused-ring (bicyclic) bond motifs is 1. The van der Waals surface area contributed by atoms with Gasteiger partial charge in [-0.3, -0.25) is 14.8 Å². The number of piperidine rings is 1. The summed E-state index contributed by atoms with van der Waals surface area (Å²) in [6, 6.07) is 9.34. The van der Waals surface area contributed by atoms with Crippen LogP contribution >= 0.6 is 11.6 Å². The average molecular weight is 441 g/mol. The van der Waals surface area contributed by atoms with Crippen LogP contribution in [0.3, 0.4) is 0 Å². The van der Waals surface area contributed by atoms with Crippen molar-refractivity contribution < 1.29 is 9.53 Å². The third-order valence-electron chi connectivity index (χ3n) is 5.93. The second-order valence-corrected chi connectivity index (χ2v) is 8.87. The molecular formula is C24H29ClN4O2. The summed E-state index contributed by atoms with van der Waals surface area (Å²) in [6.07, 6.45) is 4.43. The molecule has 1 saturated heterocycles. The van der Waals surface area contributed by atoms with Crippen molar-refractivity contribution in [3.63, 3.8) is 0 Å². The topological polar surface area (TPSA) is 66.8 Å². The Morgan fingerprint density at radius 1 is 1.23 bits per heavy atom. The lowest BCUT2D eigenvalue weighted by Gasteiger charge is -2.29. The molecule has 1 aromatic heterocycles. The summed E-state index contributed by atoms with van der Waals surface area (Å²) in [7, 11) is 2.18. The maximum atomic E-state index is 12.7. The molecule has 4 rings (SSSR count). The van der Waals surface area contributed by atoms with Crippen molar-refractivity contribution in [3.05, 3.63) is 58.4 Å². The fourth-order valence-electron chi connectivity index (χ4n) is 4.11. The fraction of sp³-hybridized carbons (Fsp3) is 0.458. The molecule has 0 aliphatic carbocycles. The molecule has 31 heavy (non-hydrogen) atoms. The lowest BCUT2D eigenvalue weighted by Crippen LogP contribution is -2.35. The number of likely N-dealkylation sites (tertiary alicyclic amines) is 1. The summed E-state index contributed by atoms with van der Waals surface area (Å²) in [5.74, 6) is 0.765. The minimum absolute atomic E-state index is 0.0744. The average Bonchev–Trinajstić information content (AvgIpc) is 2.76. The van der Waals surface area contributed by atoms with Gasteiger partial charge in [-0.2, -0.15) is 0 Å². The van der Waals surface area contributed by atoms with Crippen LogP contribution in [0.5, 0.6) is 0 Å². The number of hydrogen-bond donors (Lipinski definition) is 1. The molecule has 0 saturated carbocycles. The SMILES string of the molecule is CN1CCC(CNCc2nccc3c2N=C(COCc2cccc(Cl)c2)CC3=O)CC1. The number of benzene rings is 1. The molecule has 7 heteroatoms. The van der Waals surface area contributed by atoms with Gasteiger partial charge < -0.3 is 15.0 Å². The van der Waals surface area contributed by atoms with Gasteiger partial charge >= 0.3 is 0 Å². The number of aromatic nitrogens is 1. The third kappa shape index (κ3) is 5.98. The first kappa shape index (κ1) is 22.1. The summed E-state index contributed by atoms with van der Waals surface area (Å²) in [6.45, 7) is 4.63. The predicted molar refractivity (Wildman–Crippen MR) is 123 cm³/mol. The Kier molecular flexibility index (Phi) is 7.45. The van der Waals surface area contributed by atoms with E-state index < -0.39 is 0 Å². The first-order valence-corrected chi connectivity index (χ1v) is 11.3. The summed E-state index contributed by atoms with van der Waals surface area (Å²) in [5.41, 5.74) is 3.91. The zero-order valence-electron chi connectivity index (χ0n) is 17.9. The molecule has 0 bridgehead atoms. The van der Waals surface area contributed by atoms with Crippen molar-refractivity contribution >= 4 is 28.8 Å². The lowest BCUT2D eigenvalue weighted by atomic mass is 9.97. The number of pyridine rings is 1. The van der Waals surface area contributed by atoms with Gasteiger partial charge in [0.25, 0.3) is 0 Å². The van der Waals surface area contributed by atoms with Crippen LogP contribution in [-0.4, -0.2) is 54.7 Å². The van der Waals surface area contributed by atoms with Crippen molar-refractivity contribution in [3.8, 4) is 0 Å². The van der Waals surface area contributed by atoms with Crippen molar-refractivity contribution in [1.82, 2.24) is 15.2 Å². The Morgan fingerprint density at radius 2 is 2.06 bits per heavy atom. The Balaban J connectivity index is 1.36. The molecule has 3 heterocycles. The Bertz CT molecular complexity index is 954. The predicted octanol–water partition coefficient (Wildman–Crippen LogP) is 4.04. The number of carbonyl (C=O) groups is 1. The fourth-order valence-corrected chi connectivity index (χ4v) is 4.33. The number of halogens is 1. The van der Waals surface area contributed by atoms with Crippen molar-refractivity contribution in [2.45, 2.75) is 32.4 Å². The maximum absolute atomic E-state index is 12.7. The Labute approximate surface area is 188 Å². The van der Waals surface area contributed by atoms with Crippen LogP contribution in [-0.2, 0) is 17.9 Å². The third-order valence-corrected chi connectivity index (χ3v) is 6.16. The number of aliphatic imine (C=N–C) groups is 1. The number of ketones is 1. The second-order valence-electron chi connectivity index (χ2n) is 8.43. The van der Waals surface area contributed by atoms with Gasteiger partial charge in [-0.15, -0.1) is 0 Å². The van der Waals surface area contributed by atoms with Crippen LogP contribution in [0.25, 0.3) is 0 Å². The molecule has 6 nitrogen and oxygen atoms in total. The second kappa shape index (κ2) is 10.5. The van der Waals surface area contributed by atoms with E-state index in [0.29, 0.717) is 41.9 Å². The van der Waals surface area contributed by atoms with Gasteiger partial charge in [-0.1, -0.05) is 23.7 Å². The van der Waals surface area contributed by atoms with E-state index in [-0.39, 0.29) is 12.2 Å². The smallest absolute Gasteiger partial charge is 0.170 e. The minimum Gasteiger partial charge on any atom is -0.371 e. The molecule has 0 unspecified atom stereocenters. The lowest BCUT2D eigenvalue weighted by molar-refractivity contribution is 0.0993. The van der Waals surface area contributed by atoms with Crippen LogP contribution in [0, 0.1) is 5.92 Å². The number of ether oxygens (including phenoxy) is 1. The van der Waals surface area contributed by atoms with Gasteiger partial charge in [-0.05, 0) is 69.2 Å². The standard InChI is InChI=1S/C24H29ClN4O2/c1-29-9-6-17(7-10-29)13-26-14-22-24-21(5-8-27-22)23(30)12-20(28-24)16-31-15-18-3-2-4-19(25)11-18/h2-5,8,11,17,26H,6-7,9-10,12-16H2,1H3. The molecule has 2 aromatic rings. The van der Waals surface area contributed by atoms with Gasteiger partial charge in [0.2, 0.25) is 0 Å². The van der Waals surface area contributed by atoms with Gasteiger partial charge in [0.15, 0.2) is 5.78 Å². The first-order valence-electron chi connectivity index (χ1n) is 10.9. The molecule has 0 atom stereocenters. The zero-order valence-corrected chi connectivity index (χ0v) is 18.7. The summed E-state index contributed by atoms with van der Waals surface area (Å²) < 4.78 is 5.80. The largest absolute Gasteiger partial charge is 0.371 e. The number of Topliss-reactive ketones (excluding diaryl/α,β-unsaturated/α-hetero) is 1. The van der Waals surface area contributed by atoms with Gasteiger partial charge in [0, 0.05) is 23.3 Å².